The molecule has 2 aromatic carbocycles. The van der Waals surface area contributed by atoms with Gasteiger partial charge in [0.15, 0.2) is 5.65 Å². The predicted octanol–water partition coefficient (Wildman–Crippen LogP) is 4.25. The molecule has 26 heavy (non-hydrogen) atoms. The number of rotatable bonds is 3. The van der Waals surface area contributed by atoms with E-state index in [-0.39, 0.29) is 0 Å². The summed E-state index contributed by atoms with van der Waals surface area (Å²) >= 11 is 0. The fourth-order valence-corrected chi connectivity index (χ4v) is 3.00. The number of ether oxygens (including phenoxy) is 1. The SMILES string of the molecule is COc1nc(-c2ccc(C#N)cc2)c(-c2ccc(C)cc2)c2nccn12. The zero-order valence-electron chi connectivity index (χ0n) is 14.5. The number of imidazole rings is 1. The number of methoxy groups -OCH3 is 1. The van der Waals surface area contributed by atoms with Crippen molar-refractivity contribution in [2.75, 3.05) is 7.11 Å². The number of aryl methyl sites for hydroxylation is 1. The highest BCUT2D eigenvalue weighted by Gasteiger charge is 2.18. The van der Waals surface area contributed by atoms with Gasteiger partial charge in [-0.25, -0.2) is 4.98 Å². The Morgan fingerprint density at radius 1 is 1.00 bits per heavy atom. The van der Waals surface area contributed by atoms with Gasteiger partial charge in [0.2, 0.25) is 0 Å². The summed E-state index contributed by atoms with van der Waals surface area (Å²) in [6, 6.07) is 18.3. The maximum Gasteiger partial charge on any atom is 0.302 e. The van der Waals surface area contributed by atoms with Gasteiger partial charge in [0.25, 0.3) is 0 Å². The first-order valence-corrected chi connectivity index (χ1v) is 8.20. The minimum atomic E-state index is 0.465. The summed E-state index contributed by atoms with van der Waals surface area (Å²) < 4.78 is 7.30. The molecule has 126 valence electrons. The van der Waals surface area contributed by atoms with E-state index in [1.54, 1.807) is 25.4 Å². The number of nitrogens with zero attached hydrogens (tertiary/aromatic N) is 4. The van der Waals surface area contributed by atoms with E-state index in [2.05, 4.69) is 42.2 Å². The molecule has 0 saturated carbocycles. The van der Waals surface area contributed by atoms with Crippen molar-refractivity contribution in [1.82, 2.24) is 14.4 Å². The van der Waals surface area contributed by atoms with E-state index in [4.69, 9.17) is 15.0 Å². The topological polar surface area (TPSA) is 63.2 Å². The number of hydrogen-bond donors (Lipinski definition) is 0. The second-order valence-electron chi connectivity index (χ2n) is 6.00. The Bertz CT molecular complexity index is 1120. The summed E-state index contributed by atoms with van der Waals surface area (Å²) in [6.45, 7) is 2.06. The second-order valence-corrected chi connectivity index (χ2v) is 6.00. The number of fused-ring (bicyclic) bond motifs is 1. The van der Waals surface area contributed by atoms with Crippen LogP contribution in [0.1, 0.15) is 11.1 Å². The molecule has 4 aromatic rings. The molecule has 0 aliphatic carbocycles. The molecule has 0 aliphatic heterocycles. The van der Waals surface area contributed by atoms with E-state index in [1.807, 2.05) is 22.7 Å². The third-order valence-corrected chi connectivity index (χ3v) is 4.32. The third-order valence-electron chi connectivity index (χ3n) is 4.32. The van der Waals surface area contributed by atoms with E-state index in [1.165, 1.54) is 5.56 Å². The van der Waals surface area contributed by atoms with Crippen LogP contribution in [0.2, 0.25) is 0 Å². The first-order chi connectivity index (χ1) is 12.7. The lowest BCUT2D eigenvalue weighted by molar-refractivity contribution is 0.375. The van der Waals surface area contributed by atoms with Gasteiger partial charge in [0.05, 0.1) is 30.0 Å². The summed E-state index contributed by atoms with van der Waals surface area (Å²) in [4.78, 5) is 9.27. The van der Waals surface area contributed by atoms with Gasteiger partial charge in [-0.15, -0.1) is 0 Å². The van der Waals surface area contributed by atoms with Crippen LogP contribution in [0.15, 0.2) is 60.9 Å². The van der Waals surface area contributed by atoms with Gasteiger partial charge >= 0.3 is 6.01 Å². The van der Waals surface area contributed by atoms with Crippen LogP contribution in [0, 0.1) is 18.3 Å². The number of hydrogen-bond acceptors (Lipinski definition) is 4. The fourth-order valence-electron chi connectivity index (χ4n) is 3.00. The summed E-state index contributed by atoms with van der Waals surface area (Å²) in [6.07, 6.45) is 3.57. The van der Waals surface area contributed by atoms with Gasteiger partial charge in [-0.05, 0) is 24.6 Å². The minimum Gasteiger partial charge on any atom is -0.468 e. The molecular formula is C21H16N4O. The zero-order chi connectivity index (χ0) is 18.1. The number of nitriles is 1. The molecule has 0 bridgehead atoms. The third kappa shape index (κ3) is 2.58. The molecule has 2 heterocycles. The quantitative estimate of drug-likeness (QED) is 0.559. The zero-order valence-corrected chi connectivity index (χ0v) is 14.5. The summed E-state index contributed by atoms with van der Waals surface area (Å²) in [5.41, 5.74) is 6.22. The molecule has 0 unspecified atom stereocenters. The van der Waals surface area contributed by atoms with E-state index >= 15 is 0 Å². The molecule has 0 atom stereocenters. The highest BCUT2D eigenvalue weighted by atomic mass is 16.5. The molecule has 0 amide bonds. The molecule has 0 N–H and O–H groups in total. The average Bonchev–Trinajstić information content (AvgIpc) is 3.17. The van der Waals surface area contributed by atoms with Crippen molar-refractivity contribution in [2.24, 2.45) is 0 Å². The molecule has 0 radical (unpaired) electrons. The van der Waals surface area contributed by atoms with E-state index in [0.29, 0.717) is 11.6 Å². The molecule has 2 aromatic heterocycles. The lowest BCUT2D eigenvalue weighted by Crippen LogP contribution is -2.02. The van der Waals surface area contributed by atoms with Crippen molar-refractivity contribution in [1.29, 1.82) is 5.26 Å². The van der Waals surface area contributed by atoms with Gasteiger partial charge in [-0.1, -0.05) is 42.0 Å². The first-order valence-electron chi connectivity index (χ1n) is 8.20. The van der Waals surface area contributed by atoms with Crippen LogP contribution in [0.25, 0.3) is 28.0 Å². The largest absolute Gasteiger partial charge is 0.468 e. The highest BCUT2D eigenvalue weighted by Crippen LogP contribution is 2.35. The molecule has 0 fully saturated rings. The normalized spacial score (nSPS) is 10.7. The average molecular weight is 340 g/mol. The maximum atomic E-state index is 9.05. The predicted molar refractivity (Wildman–Crippen MR) is 99.9 cm³/mol. The molecular weight excluding hydrogens is 324 g/mol. The molecule has 0 aliphatic rings. The van der Waals surface area contributed by atoms with Gasteiger partial charge in [-0.3, -0.25) is 4.40 Å². The lowest BCUT2D eigenvalue weighted by atomic mass is 9.98. The van der Waals surface area contributed by atoms with Crippen LogP contribution in [0.4, 0.5) is 0 Å². The van der Waals surface area contributed by atoms with E-state index < -0.39 is 0 Å². The summed E-state index contributed by atoms with van der Waals surface area (Å²) in [7, 11) is 1.59. The highest BCUT2D eigenvalue weighted by molar-refractivity contribution is 5.90. The van der Waals surface area contributed by atoms with Crippen LogP contribution >= 0.6 is 0 Å². The van der Waals surface area contributed by atoms with Crippen molar-refractivity contribution in [3.05, 3.63) is 72.1 Å². The van der Waals surface area contributed by atoms with Crippen LogP contribution in [-0.4, -0.2) is 21.5 Å². The molecule has 4 rings (SSSR count). The van der Waals surface area contributed by atoms with Crippen molar-refractivity contribution >= 4 is 5.65 Å². The Morgan fingerprint density at radius 3 is 2.35 bits per heavy atom. The Labute approximate surface area is 151 Å². The Kier molecular flexibility index (Phi) is 3.86. The van der Waals surface area contributed by atoms with Crippen molar-refractivity contribution in [2.45, 2.75) is 6.92 Å². The van der Waals surface area contributed by atoms with Crippen LogP contribution in [0.3, 0.4) is 0 Å². The monoisotopic (exact) mass is 340 g/mol. The Hall–Kier alpha value is -3.65. The Morgan fingerprint density at radius 2 is 1.69 bits per heavy atom. The van der Waals surface area contributed by atoms with E-state index in [9.17, 15) is 0 Å². The molecule has 5 heteroatoms. The second kappa shape index (κ2) is 6.34. The van der Waals surface area contributed by atoms with Crippen molar-refractivity contribution in [3.63, 3.8) is 0 Å². The van der Waals surface area contributed by atoms with Gasteiger partial charge < -0.3 is 4.74 Å². The van der Waals surface area contributed by atoms with E-state index in [0.717, 1.165) is 28.0 Å². The first kappa shape index (κ1) is 15.9. The minimum absolute atomic E-state index is 0.465. The van der Waals surface area contributed by atoms with Crippen molar-refractivity contribution in [3.8, 4) is 34.5 Å². The maximum absolute atomic E-state index is 9.05. The number of benzene rings is 2. The smallest absolute Gasteiger partial charge is 0.302 e. The summed E-state index contributed by atoms with van der Waals surface area (Å²) in [5, 5.41) is 9.05. The van der Waals surface area contributed by atoms with Crippen LogP contribution in [-0.2, 0) is 0 Å². The lowest BCUT2D eigenvalue weighted by Gasteiger charge is -2.14. The standard InChI is InChI=1S/C21H16N4O/c1-14-3-7-16(8-4-14)18-19(17-9-5-15(13-22)6-10-17)24-21(26-2)25-12-11-23-20(18)25/h3-12H,1-2H3. The fraction of sp³-hybridized carbons (Fsp3) is 0.0952. The summed E-state index contributed by atoms with van der Waals surface area (Å²) in [5.74, 6) is 0. The van der Waals surface area contributed by atoms with Crippen molar-refractivity contribution < 1.29 is 4.74 Å². The molecule has 0 spiro atoms. The molecule has 5 nitrogen and oxygen atoms in total. The van der Waals surface area contributed by atoms with Gasteiger partial charge in [0, 0.05) is 18.0 Å². The van der Waals surface area contributed by atoms with Gasteiger partial charge in [-0.2, -0.15) is 10.2 Å². The van der Waals surface area contributed by atoms with Crippen LogP contribution < -0.4 is 4.74 Å². The molecule has 0 saturated heterocycles. The van der Waals surface area contributed by atoms with Gasteiger partial charge in [0.1, 0.15) is 0 Å². The Balaban J connectivity index is 2.05. The number of aromatic nitrogens is 3. The van der Waals surface area contributed by atoms with Crippen LogP contribution in [0.5, 0.6) is 6.01 Å².